The molecule has 0 aliphatic carbocycles. The van der Waals surface area contributed by atoms with Gasteiger partial charge in [-0.2, -0.15) is 0 Å². The van der Waals surface area contributed by atoms with E-state index >= 15 is 0 Å². The van der Waals surface area contributed by atoms with Crippen LogP contribution in [0.4, 0.5) is 10.5 Å². The van der Waals surface area contributed by atoms with Crippen LogP contribution >= 0.6 is 0 Å². The lowest BCUT2D eigenvalue weighted by Crippen LogP contribution is -2.37. The van der Waals surface area contributed by atoms with Crippen molar-refractivity contribution in [2.75, 3.05) is 18.1 Å². The van der Waals surface area contributed by atoms with Gasteiger partial charge in [-0.05, 0) is 39.3 Å². The third kappa shape index (κ3) is 2.94. The van der Waals surface area contributed by atoms with Gasteiger partial charge in [0.25, 0.3) is 0 Å². The van der Waals surface area contributed by atoms with E-state index in [9.17, 15) is 4.79 Å². The second kappa shape index (κ2) is 4.88. The zero-order chi connectivity index (χ0) is 13.2. The molecule has 4 heteroatoms. The molecule has 1 aromatic carbocycles. The number of anilines is 1. The van der Waals surface area contributed by atoms with Crippen molar-refractivity contribution in [2.24, 2.45) is 0 Å². The first kappa shape index (κ1) is 12.7. The Morgan fingerprint density at radius 1 is 1.33 bits per heavy atom. The van der Waals surface area contributed by atoms with Crippen LogP contribution in [0.3, 0.4) is 0 Å². The number of rotatable bonds is 0. The number of hydrogen-bond donors (Lipinski definition) is 0. The number of nitrogens with zero attached hydrogens (tertiary/aromatic N) is 1. The molecule has 0 saturated heterocycles. The van der Waals surface area contributed by atoms with Crippen LogP contribution in [0, 0.1) is 0 Å². The fraction of sp³-hybridized carbons (Fsp3) is 0.500. The summed E-state index contributed by atoms with van der Waals surface area (Å²) >= 11 is 0. The topological polar surface area (TPSA) is 38.8 Å². The van der Waals surface area contributed by atoms with Gasteiger partial charge in [0, 0.05) is 6.54 Å². The number of benzene rings is 1. The molecule has 2 rings (SSSR count). The Balaban J connectivity index is 2.25. The molecule has 0 aromatic heterocycles. The molecule has 0 bridgehead atoms. The summed E-state index contributed by atoms with van der Waals surface area (Å²) in [6, 6.07) is 7.55. The van der Waals surface area contributed by atoms with Crippen molar-refractivity contribution in [1.82, 2.24) is 0 Å². The van der Waals surface area contributed by atoms with Crippen molar-refractivity contribution >= 4 is 11.8 Å². The minimum absolute atomic E-state index is 0.319. The van der Waals surface area contributed by atoms with E-state index in [1.807, 2.05) is 45.0 Å². The Labute approximate surface area is 107 Å². The highest BCUT2D eigenvalue weighted by molar-refractivity contribution is 5.90. The van der Waals surface area contributed by atoms with Gasteiger partial charge in [-0.1, -0.05) is 12.1 Å². The van der Waals surface area contributed by atoms with Gasteiger partial charge in [-0.25, -0.2) is 4.79 Å². The van der Waals surface area contributed by atoms with Gasteiger partial charge >= 0.3 is 6.09 Å². The molecule has 1 heterocycles. The zero-order valence-electron chi connectivity index (χ0n) is 11.1. The summed E-state index contributed by atoms with van der Waals surface area (Å²) in [6.45, 7) is 6.84. The first-order valence-corrected chi connectivity index (χ1v) is 6.20. The average molecular weight is 249 g/mol. The van der Waals surface area contributed by atoms with E-state index in [-0.39, 0.29) is 6.09 Å². The van der Waals surface area contributed by atoms with Crippen molar-refractivity contribution in [3.63, 3.8) is 0 Å². The smallest absolute Gasteiger partial charge is 0.414 e. The molecule has 1 amide bonds. The summed E-state index contributed by atoms with van der Waals surface area (Å²) in [5, 5.41) is 0. The molecule has 0 fully saturated rings. The Bertz CT molecular complexity index is 437. The molecule has 0 N–H and O–H groups in total. The minimum Gasteiger partial charge on any atom is -0.491 e. The zero-order valence-corrected chi connectivity index (χ0v) is 11.1. The van der Waals surface area contributed by atoms with Crippen LogP contribution in [0.15, 0.2) is 24.3 Å². The van der Waals surface area contributed by atoms with Gasteiger partial charge in [0.1, 0.15) is 11.4 Å². The second-order valence-corrected chi connectivity index (χ2v) is 5.30. The van der Waals surface area contributed by atoms with Crippen LogP contribution < -0.4 is 9.64 Å². The van der Waals surface area contributed by atoms with Crippen LogP contribution in [-0.4, -0.2) is 24.8 Å². The number of carbonyl (C=O) groups excluding carboxylic acids is 1. The van der Waals surface area contributed by atoms with E-state index in [1.165, 1.54) is 0 Å². The Hall–Kier alpha value is -1.71. The summed E-state index contributed by atoms with van der Waals surface area (Å²) in [5.74, 6) is 0.737. The second-order valence-electron chi connectivity index (χ2n) is 5.30. The van der Waals surface area contributed by atoms with Crippen molar-refractivity contribution in [1.29, 1.82) is 0 Å². The van der Waals surface area contributed by atoms with E-state index in [0.29, 0.717) is 13.2 Å². The maximum atomic E-state index is 12.2. The van der Waals surface area contributed by atoms with Crippen LogP contribution in [-0.2, 0) is 4.74 Å². The summed E-state index contributed by atoms with van der Waals surface area (Å²) in [4.78, 5) is 13.8. The van der Waals surface area contributed by atoms with E-state index in [0.717, 1.165) is 17.9 Å². The maximum absolute atomic E-state index is 12.2. The third-order valence-electron chi connectivity index (χ3n) is 2.55. The van der Waals surface area contributed by atoms with Crippen LogP contribution in [0.5, 0.6) is 5.75 Å². The fourth-order valence-corrected chi connectivity index (χ4v) is 1.83. The molecular weight excluding hydrogens is 230 g/mol. The normalized spacial score (nSPS) is 15.4. The summed E-state index contributed by atoms with van der Waals surface area (Å²) in [6.07, 6.45) is 0.480. The molecular formula is C14H19NO3. The predicted molar refractivity (Wildman–Crippen MR) is 70.1 cm³/mol. The van der Waals surface area contributed by atoms with Gasteiger partial charge in [-0.15, -0.1) is 0 Å². The lowest BCUT2D eigenvalue weighted by Gasteiger charge is -2.26. The highest BCUT2D eigenvalue weighted by Gasteiger charge is 2.26. The number of ether oxygens (including phenoxy) is 2. The minimum atomic E-state index is -0.487. The van der Waals surface area contributed by atoms with Crippen molar-refractivity contribution in [3.8, 4) is 5.75 Å². The van der Waals surface area contributed by atoms with Gasteiger partial charge in [0.15, 0.2) is 0 Å². The summed E-state index contributed by atoms with van der Waals surface area (Å²) < 4.78 is 11.0. The van der Waals surface area contributed by atoms with E-state index < -0.39 is 5.60 Å². The van der Waals surface area contributed by atoms with E-state index in [1.54, 1.807) is 4.90 Å². The molecule has 0 unspecified atom stereocenters. The van der Waals surface area contributed by atoms with Gasteiger partial charge in [0.2, 0.25) is 0 Å². The summed E-state index contributed by atoms with van der Waals surface area (Å²) in [7, 11) is 0. The molecule has 0 saturated carbocycles. The third-order valence-corrected chi connectivity index (χ3v) is 2.55. The Kier molecular flexibility index (Phi) is 3.45. The lowest BCUT2D eigenvalue weighted by atomic mass is 10.2. The van der Waals surface area contributed by atoms with E-state index in [4.69, 9.17) is 9.47 Å². The molecule has 4 nitrogen and oxygen atoms in total. The largest absolute Gasteiger partial charge is 0.491 e. The van der Waals surface area contributed by atoms with Crippen molar-refractivity contribution in [3.05, 3.63) is 24.3 Å². The molecule has 0 spiro atoms. The number of carbonyl (C=O) groups is 1. The molecule has 0 atom stereocenters. The molecule has 1 aromatic rings. The molecule has 98 valence electrons. The van der Waals surface area contributed by atoms with Crippen LogP contribution in [0.25, 0.3) is 0 Å². The number of hydrogen-bond acceptors (Lipinski definition) is 3. The molecule has 18 heavy (non-hydrogen) atoms. The molecule has 1 aliphatic rings. The molecule has 1 aliphatic heterocycles. The predicted octanol–water partition coefficient (Wildman–Crippen LogP) is 3.21. The van der Waals surface area contributed by atoms with Gasteiger partial charge in [0.05, 0.1) is 12.3 Å². The van der Waals surface area contributed by atoms with Crippen LogP contribution in [0.2, 0.25) is 0 Å². The van der Waals surface area contributed by atoms with Crippen molar-refractivity contribution < 1.29 is 14.3 Å². The number of para-hydroxylation sites is 2. The van der Waals surface area contributed by atoms with Gasteiger partial charge < -0.3 is 9.47 Å². The first-order valence-electron chi connectivity index (χ1n) is 6.20. The monoisotopic (exact) mass is 249 g/mol. The van der Waals surface area contributed by atoms with E-state index in [2.05, 4.69) is 0 Å². The fourth-order valence-electron chi connectivity index (χ4n) is 1.83. The van der Waals surface area contributed by atoms with Crippen molar-refractivity contribution in [2.45, 2.75) is 32.8 Å². The lowest BCUT2D eigenvalue weighted by molar-refractivity contribution is 0.0581. The number of fused-ring (bicyclic) bond motifs is 1. The highest BCUT2D eigenvalue weighted by atomic mass is 16.6. The average Bonchev–Trinajstić information content (AvgIpc) is 2.48. The van der Waals surface area contributed by atoms with Gasteiger partial charge in [-0.3, -0.25) is 4.90 Å². The molecule has 0 radical (unpaired) electrons. The van der Waals surface area contributed by atoms with Crippen LogP contribution in [0.1, 0.15) is 27.2 Å². The Morgan fingerprint density at radius 3 is 2.78 bits per heavy atom. The maximum Gasteiger partial charge on any atom is 0.414 e. The quantitative estimate of drug-likeness (QED) is 0.708. The highest BCUT2D eigenvalue weighted by Crippen LogP contribution is 2.31. The first-order chi connectivity index (χ1) is 8.47. The Morgan fingerprint density at radius 2 is 2.06 bits per heavy atom. The SMILES string of the molecule is CC(C)(C)OC(=O)N1CCCOc2ccccc21. The number of amides is 1. The standard InChI is InChI=1S/C14H19NO3/c1-14(2,3)18-13(16)15-9-6-10-17-12-8-5-4-7-11(12)15/h4-5,7-8H,6,9-10H2,1-3H3. The summed E-state index contributed by atoms with van der Waals surface area (Å²) in [5.41, 5.74) is 0.295.